The molecule has 1 unspecified atom stereocenters. The molecule has 0 saturated heterocycles. The number of esters is 3. The number of hydrogen-bond acceptors (Lipinski definition) is 6. The van der Waals surface area contributed by atoms with Crippen LogP contribution in [0, 0.1) is 0 Å². The summed E-state index contributed by atoms with van der Waals surface area (Å²) in [5.74, 6) is -0.901. The molecule has 6 nitrogen and oxygen atoms in total. The molecule has 0 aliphatic rings. The highest BCUT2D eigenvalue weighted by Crippen LogP contribution is 2.14. The van der Waals surface area contributed by atoms with E-state index in [0.29, 0.717) is 19.3 Å². The average Bonchev–Trinajstić information content (AvgIpc) is 3.22. The van der Waals surface area contributed by atoms with E-state index in [1.807, 2.05) is 0 Å². The van der Waals surface area contributed by atoms with Crippen molar-refractivity contribution in [1.82, 2.24) is 0 Å². The highest BCUT2D eigenvalue weighted by molar-refractivity contribution is 5.71. The third-order valence-corrected chi connectivity index (χ3v) is 10.6. The van der Waals surface area contributed by atoms with Gasteiger partial charge in [-0.25, -0.2) is 0 Å². The molecule has 0 aromatic rings. The Morgan fingerprint density at radius 2 is 0.638 bits per heavy atom. The van der Waals surface area contributed by atoms with E-state index in [-0.39, 0.29) is 31.1 Å². The Morgan fingerprint density at radius 3 is 1.03 bits per heavy atom. The molecule has 1 atom stereocenters. The zero-order valence-electron chi connectivity index (χ0n) is 38.3. The monoisotopic (exact) mass is 813 g/mol. The molecule has 0 aromatic carbocycles. The van der Waals surface area contributed by atoms with E-state index in [1.165, 1.54) is 116 Å². The molecule has 58 heavy (non-hydrogen) atoms. The predicted molar refractivity (Wildman–Crippen MR) is 247 cm³/mol. The Hall–Kier alpha value is -2.63. The summed E-state index contributed by atoms with van der Waals surface area (Å²) < 4.78 is 16.7. The Kier molecular flexibility index (Phi) is 44.9. The Labute approximate surface area is 358 Å². The van der Waals surface area contributed by atoms with Gasteiger partial charge in [-0.05, 0) is 77.0 Å². The summed E-state index contributed by atoms with van der Waals surface area (Å²) >= 11 is 0. The second kappa shape index (κ2) is 47.1. The number of carbonyl (C=O) groups is 3. The predicted octanol–water partition coefficient (Wildman–Crippen LogP) is 15.9. The van der Waals surface area contributed by atoms with Gasteiger partial charge in [0.1, 0.15) is 13.2 Å². The molecule has 0 fully saturated rings. The zero-order valence-corrected chi connectivity index (χ0v) is 38.3. The quantitative estimate of drug-likeness (QED) is 0.0264. The highest BCUT2D eigenvalue weighted by atomic mass is 16.6. The van der Waals surface area contributed by atoms with Gasteiger partial charge >= 0.3 is 17.9 Å². The minimum absolute atomic E-state index is 0.0794. The minimum Gasteiger partial charge on any atom is -0.462 e. The lowest BCUT2D eigenvalue weighted by molar-refractivity contribution is -0.167. The summed E-state index contributed by atoms with van der Waals surface area (Å²) in [5.41, 5.74) is 0. The normalized spacial score (nSPS) is 12.4. The maximum atomic E-state index is 12.7. The van der Waals surface area contributed by atoms with Crippen molar-refractivity contribution in [2.24, 2.45) is 0 Å². The summed E-state index contributed by atoms with van der Waals surface area (Å²) in [4.78, 5) is 37.7. The van der Waals surface area contributed by atoms with Crippen molar-refractivity contribution in [2.75, 3.05) is 13.2 Å². The number of allylic oxidation sites excluding steroid dienone is 8. The van der Waals surface area contributed by atoms with Crippen molar-refractivity contribution in [3.05, 3.63) is 48.6 Å². The fourth-order valence-corrected chi connectivity index (χ4v) is 6.78. The first-order valence-electron chi connectivity index (χ1n) is 24.6. The van der Waals surface area contributed by atoms with Crippen LogP contribution in [0.5, 0.6) is 0 Å². The maximum absolute atomic E-state index is 12.7. The standard InChI is InChI=1S/C52H92O6/c1-4-7-10-13-16-18-20-22-24-25-26-27-28-30-31-33-36-39-42-45-51(54)57-48-49(47-56-50(53)44-41-38-35-15-12-9-6-3)58-52(55)46-43-40-37-34-32-29-23-21-19-17-14-11-8-5-2/h14,16-18,21-24,49H,4-13,15,19-20,25-48H2,1-3H3/b17-14-,18-16-,23-21-,24-22-. The van der Waals surface area contributed by atoms with E-state index in [4.69, 9.17) is 14.2 Å². The molecule has 0 spiro atoms. The van der Waals surface area contributed by atoms with Gasteiger partial charge in [-0.15, -0.1) is 0 Å². The molecule has 0 rings (SSSR count). The second-order valence-electron chi connectivity index (χ2n) is 16.4. The van der Waals surface area contributed by atoms with Crippen LogP contribution in [0.25, 0.3) is 0 Å². The van der Waals surface area contributed by atoms with Crippen molar-refractivity contribution in [2.45, 2.75) is 252 Å². The van der Waals surface area contributed by atoms with E-state index in [1.54, 1.807) is 0 Å². The van der Waals surface area contributed by atoms with Gasteiger partial charge in [-0.1, -0.05) is 198 Å². The number of ether oxygens (including phenoxy) is 3. The van der Waals surface area contributed by atoms with Gasteiger partial charge in [0.25, 0.3) is 0 Å². The van der Waals surface area contributed by atoms with Crippen LogP contribution < -0.4 is 0 Å². The SMILES string of the molecule is CCCC/C=C\C/C=C\CCCCCCCC(=O)OC(COC(=O)CCCCCCCCC)COC(=O)CCCCCCCCCCC/C=C\C/C=C\CCCCC. The maximum Gasteiger partial charge on any atom is 0.306 e. The van der Waals surface area contributed by atoms with Crippen LogP contribution >= 0.6 is 0 Å². The average molecular weight is 813 g/mol. The first-order chi connectivity index (χ1) is 28.5. The Balaban J connectivity index is 4.27. The van der Waals surface area contributed by atoms with Crippen LogP contribution in [-0.2, 0) is 28.6 Å². The summed E-state index contributed by atoms with van der Waals surface area (Å²) in [7, 11) is 0. The van der Waals surface area contributed by atoms with Gasteiger partial charge in [-0.2, -0.15) is 0 Å². The summed E-state index contributed by atoms with van der Waals surface area (Å²) in [5, 5.41) is 0. The molecule has 0 radical (unpaired) electrons. The Morgan fingerprint density at radius 1 is 0.345 bits per heavy atom. The first kappa shape index (κ1) is 55.4. The van der Waals surface area contributed by atoms with Gasteiger partial charge in [0, 0.05) is 19.3 Å². The van der Waals surface area contributed by atoms with Crippen molar-refractivity contribution >= 4 is 17.9 Å². The van der Waals surface area contributed by atoms with E-state index >= 15 is 0 Å². The lowest BCUT2D eigenvalue weighted by Gasteiger charge is -2.18. The summed E-state index contributed by atoms with van der Waals surface area (Å²) in [6.45, 7) is 6.52. The second-order valence-corrected chi connectivity index (χ2v) is 16.4. The molecule has 0 bridgehead atoms. The zero-order chi connectivity index (χ0) is 42.3. The molecule has 336 valence electrons. The number of carbonyl (C=O) groups excluding carboxylic acids is 3. The van der Waals surface area contributed by atoms with Crippen molar-refractivity contribution < 1.29 is 28.6 Å². The fourth-order valence-electron chi connectivity index (χ4n) is 6.78. The van der Waals surface area contributed by atoms with E-state index in [0.717, 1.165) is 89.9 Å². The largest absolute Gasteiger partial charge is 0.462 e. The van der Waals surface area contributed by atoms with Crippen LogP contribution in [0.15, 0.2) is 48.6 Å². The van der Waals surface area contributed by atoms with E-state index in [9.17, 15) is 14.4 Å². The molecular weight excluding hydrogens is 721 g/mol. The van der Waals surface area contributed by atoms with Crippen molar-refractivity contribution in [3.63, 3.8) is 0 Å². The molecule has 0 aliphatic carbocycles. The minimum atomic E-state index is -0.777. The first-order valence-corrected chi connectivity index (χ1v) is 24.6. The molecule has 6 heteroatoms. The van der Waals surface area contributed by atoms with Crippen LogP contribution in [-0.4, -0.2) is 37.2 Å². The number of rotatable bonds is 44. The van der Waals surface area contributed by atoms with Gasteiger partial charge in [0.05, 0.1) is 0 Å². The van der Waals surface area contributed by atoms with Gasteiger partial charge in [0.2, 0.25) is 0 Å². The molecule has 0 N–H and O–H groups in total. The van der Waals surface area contributed by atoms with Crippen molar-refractivity contribution in [1.29, 1.82) is 0 Å². The molecule has 0 saturated carbocycles. The number of hydrogen-bond donors (Lipinski definition) is 0. The third kappa shape index (κ3) is 44.5. The van der Waals surface area contributed by atoms with Crippen LogP contribution in [0.1, 0.15) is 245 Å². The molecule has 0 aliphatic heterocycles. The van der Waals surface area contributed by atoms with Gasteiger partial charge in [-0.3, -0.25) is 14.4 Å². The lowest BCUT2D eigenvalue weighted by Crippen LogP contribution is -2.30. The summed E-state index contributed by atoms with van der Waals surface area (Å²) in [6, 6.07) is 0. The molecule has 0 aromatic heterocycles. The number of unbranched alkanes of at least 4 members (excludes halogenated alkanes) is 25. The Bertz CT molecular complexity index is 1030. The van der Waals surface area contributed by atoms with Gasteiger partial charge < -0.3 is 14.2 Å². The summed E-state index contributed by atoms with van der Waals surface area (Å²) in [6.07, 6.45) is 55.3. The highest BCUT2D eigenvalue weighted by Gasteiger charge is 2.19. The third-order valence-electron chi connectivity index (χ3n) is 10.6. The molecular formula is C52H92O6. The van der Waals surface area contributed by atoms with Crippen LogP contribution in [0.4, 0.5) is 0 Å². The van der Waals surface area contributed by atoms with E-state index in [2.05, 4.69) is 69.4 Å². The van der Waals surface area contributed by atoms with Crippen LogP contribution in [0.3, 0.4) is 0 Å². The smallest absolute Gasteiger partial charge is 0.306 e. The fraction of sp³-hybridized carbons (Fsp3) is 0.788. The van der Waals surface area contributed by atoms with E-state index < -0.39 is 6.10 Å². The topological polar surface area (TPSA) is 78.9 Å². The van der Waals surface area contributed by atoms with Crippen molar-refractivity contribution in [3.8, 4) is 0 Å². The molecule has 0 amide bonds. The lowest BCUT2D eigenvalue weighted by atomic mass is 10.1. The van der Waals surface area contributed by atoms with Crippen LogP contribution in [0.2, 0.25) is 0 Å². The van der Waals surface area contributed by atoms with Gasteiger partial charge in [0.15, 0.2) is 6.10 Å². The molecule has 0 heterocycles.